The van der Waals surface area contributed by atoms with Crippen LogP contribution in [0.5, 0.6) is 0 Å². The predicted octanol–water partition coefficient (Wildman–Crippen LogP) is 2.60. The topological polar surface area (TPSA) is 67.2 Å². The van der Waals surface area contributed by atoms with Gasteiger partial charge < -0.3 is 15.2 Å². The average molecular weight is 271 g/mol. The average Bonchev–Trinajstić information content (AvgIpc) is 2.98. The Hall–Kier alpha value is -2.30. The summed E-state index contributed by atoms with van der Waals surface area (Å²) in [5.41, 5.74) is 4.11. The zero-order valence-electron chi connectivity index (χ0n) is 11.2. The van der Waals surface area contributed by atoms with Gasteiger partial charge in [0.05, 0.1) is 5.69 Å². The van der Waals surface area contributed by atoms with Crippen LogP contribution in [0.4, 0.5) is 11.4 Å². The molecule has 1 aliphatic heterocycles. The minimum absolute atomic E-state index is 0.00304. The van der Waals surface area contributed by atoms with Crippen LogP contribution in [-0.2, 0) is 17.6 Å². The van der Waals surface area contributed by atoms with Crippen LogP contribution in [0.3, 0.4) is 0 Å². The maximum absolute atomic E-state index is 11.9. The summed E-state index contributed by atoms with van der Waals surface area (Å²) in [4.78, 5) is 11.9. The second-order valence-electron chi connectivity index (χ2n) is 4.94. The van der Waals surface area contributed by atoms with Crippen molar-refractivity contribution in [3.63, 3.8) is 0 Å². The quantitative estimate of drug-likeness (QED) is 0.897. The Morgan fingerprint density at radius 2 is 2.35 bits per heavy atom. The third kappa shape index (κ3) is 2.99. The van der Waals surface area contributed by atoms with Crippen LogP contribution in [0, 0.1) is 0 Å². The molecular weight excluding hydrogens is 254 g/mol. The minimum atomic E-state index is -0.00304. The summed E-state index contributed by atoms with van der Waals surface area (Å²) in [5, 5.41) is 10.1. The molecule has 0 bridgehead atoms. The number of nitrogens with zero attached hydrogens (tertiary/aromatic N) is 1. The summed E-state index contributed by atoms with van der Waals surface area (Å²) in [6.07, 6.45) is 4.71. The highest BCUT2D eigenvalue weighted by Crippen LogP contribution is 2.25. The third-order valence-corrected chi connectivity index (χ3v) is 3.43. The number of hydrogen-bond donors (Lipinski definition) is 2. The van der Waals surface area contributed by atoms with Crippen molar-refractivity contribution in [2.24, 2.45) is 0 Å². The fourth-order valence-corrected chi connectivity index (χ4v) is 2.38. The molecule has 0 radical (unpaired) electrons. The van der Waals surface area contributed by atoms with Crippen LogP contribution < -0.4 is 10.6 Å². The van der Waals surface area contributed by atoms with E-state index in [1.165, 1.54) is 17.5 Å². The van der Waals surface area contributed by atoms with E-state index < -0.39 is 0 Å². The van der Waals surface area contributed by atoms with Crippen molar-refractivity contribution >= 4 is 17.3 Å². The molecule has 20 heavy (non-hydrogen) atoms. The first-order valence-corrected chi connectivity index (χ1v) is 6.87. The van der Waals surface area contributed by atoms with Crippen LogP contribution in [0.15, 0.2) is 35.1 Å². The highest BCUT2D eigenvalue weighted by Gasteiger charge is 2.10. The lowest BCUT2D eigenvalue weighted by atomic mass is 10.0. The number of hydrogen-bond acceptors (Lipinski definition) is 4. The van der Waals surface area contributed by atoms with E-state index in [2.05, 4.69) is 21.9 Å². The van der Waals surface area contributed by atoms with Gasteiger partial charge in [0, 0.05) is 36.8 Å². The number of fused-ring (bicyclic) bond motifs is 1. The van der Waals surface area contributed by atoms with Gasteiger partial charge >= 0.3 is 0 Å². The first kappa shape index (κ1) is 12.7. The predicted molar refractivity (Wildman–Crippen MR) is 76.7 cm³/mol. The SMILES string of the molecule is O=C(CCc1ccon1)Nc1ccc2c(c1)CCCN2. The van der Waals surface area contributed by atoms with Crippen molar-refractivity contribution in [2.75, 3.05) is 17.2 Å². The van der Waals surface area contributed by atoms with Crippen molar-refractivity contribution in [1.29, 1.82) is 0 Å². The van der Waals surface area contributed by atoms with E-state index in [1.54, 1.807) is 6.07 Å². The first-order valence-electron chi connectivity index (χ1n) is 6.87. The maximum Gasteiger partial charge on any atom is 0.224 e. The molecule has 104 valence electrons. The van der Waals surface area contributed by atoms with E-state index in [0.29, 0.717) is 12.8 Å². The van der Waals surface area contributed by atoms with E-state index >= 15 is 0 Å². The van der Waals surface area contributed by atoms with Gasteiger partial charge in [-0.2, -0.15) is 0 Å². The molecule has 0 spiro atoms. The van der Waals surface area contributed by atoms with Crippen LogP contribution in [-0.4, -0.2) is 17.6 Å². The molecule has 1 amide bonds. The molecule has 3 rings (SSSR count). The molecular formula is C15H17N3O2. The maximum atomic E-state index is 11.9. The lowest BCUT2D eigenvalue weighted by molar-refractivity contribution is -0.116. The van der Waals surface area contributed by atoms with Crippen molar-refractivity contribution in [3.8, 4) is 0 Å². The fraction of sp³-hybridized carbons (Fsp3) is 0.333. The molecule has 0 saturated carbocycles. The molecule has 5 nitrogen and oxygen atoms in total. The normalized spacial score (nSPS) is 13.4. The summed E-state index contributed by atoms with van der Waals surface area (Å²) in [5.74, 6) is -0.00304. The van der Waals surface area contributed by atoms with E-state index in [1.807, 2.05) is 12.1 Å². The molecule has 1 aromatic carbocycles. The Kier molecular flexibility index (Phi) is 3.67. The second-order valence-corrected chi connectivity index (χ2v) is 4.94. The molecule has 0 atom stereocenters. The van der Waals surface area contributed by atoms with Crippen LogP contribution in [0.2, 0.25) is 0 Å². The van der Waals surface area contributed by atoms with Gasteiger partial charge in [-0.1, -0.05) is 5.16 Å². The summed E-state index contributed by atoms with van der Waals surface area (Å²) in [6, 6.07) is 7.79. The van der Waals surface area contributed by atoms with Gasteiger partial charge in [0.2, 0.25) is 5.91 Å². The number of aromatic nitrogens is 1. The van der Waals surface area contributed by atoms with Gasteiger partial charge in [-0.15, -0.1) is 0 Å². The van der Waals surface area contributed by atoms with Crippen molar-refractivity contribution in [3.05, 3.63) is 41.8 Å². The Labute approximate surface area is 117 Å². The largest absolute Gasteiger partial charge is 0.385 e. The molecule has 2 N–H and O–H groups in total. The number of aryl methyl sites for hydroxylation is 2. The number of amides is 1. The van der Waals surface area contributed by atoms with Gasteiger partial charge in [-0.3, -0.25) is 4.79 Å². The van der Waals surface area contributed by atoms with E-state index in [9.17, 15) is 4.79 Å². The third-order valence-electron chi connectivity index (χ3n) is 3.43. The minimum Gasteiger partial charge on any atom is -0.385 e. The number of carbonyl (C=O) groups is 1. The van der Waals surface area contributed by atoms with E-state index in [-0.39, 0.29) is 5.91 Å². The Balaban J connectivity index is 1.58. The Morgan fingerprint density at radius 3 is 3.20 bits per heavy atom. The van der Waals surface area contributed by atoms with Crippen LogP contribution in [0.1, 0.15) is 24.1 Å². The summed E-state index contributed by atoms with van der Waals surface area (Å²) < 4.78 is 4.74. The lowest BCUT2D eigenvalue weighted by Gasteiger charge is -2.18. The fourth-order valence-electron chi connectivity index (χ4n) is 2.38. The molecule has 0 unspecified atom stereocenters. The van der Waals surface area contributed by atoms with Gasteiger partial charge in [0.1, 0.15) is 6.26 Å². The van der Waals surface area contributed by atoms with Crippen LogP contribution >= 0.6 is 0 Å². The Bertz CT molecular complexity index is 593. The van der Waals surface area contributed by atoms with Crippen LogP contribution in [0.25, 0.3) is 0 Å². The summed E-state index contributed by atoms with van der Waals surface area (Å²) in [7, 11) is 0. The molecule has 1 aliphatic rings. The van der Waals surface area contributed by atoms with E-state index in [4.69, 9.17) is 4.52 Å². The monoisotopic (exact) mass is 271 g/mol. The van der Waals surface area contributed by atoms with E-state index in [0.717, 1.165) is 30.8 Å². The highest BCUT2D eigenvalue weighted by atomic mass is 16.5. The molecule has 2 heterocycles. The first-order chi connectivity index (χ1) is 9.81. The van der Waals surface area contributed by atoms with Gasteiger partial charge in [-0.05, 0) is 36.6 Å². The highest BCUT2D eigenvalue weighted by molar-refractivity contribution is 5.91. The summed E-state index contributed by atoms with van der Waals surface area (Å²) in [6.45, 7) is 1.02. The van der Waals surface area contributed by atoms with Gasteiger partial charge in [-0.25, -0.2) is 0 Å². The molecule has 1 aromatic heterocycles. The summed E-state index contributed by atoms with van der Waals surface area (Å²) >= 11 is 0. The van der Waals surface area contributed by atoms with Gasteiger partial charge in [0.15, 0.2) is 0 Å². The van der Waals surface area contributed by atoms with Crippen molar-refractivity contribution in [1.82, 2.24) is 5.16 Å². The molecule has 0 aliphatic carbocycles. The molecule has 0 fully saturated rings. The number of benzene rings is 1. The number of carbonyl (C=O) groups excluding carboxylic acids is 1. The molecule has 5 heteroatoms. The zero-order chi connectivity index (χ0) is 13.8. The van der Waals surface area contributed by atoms with Crippen molar-refractivity contribution < 1.29 is 9.32 Å². The molecule has 2 aromatic rings. The van der Waals surface area contributed by atoms with Gasteiger partial charge in [0.25, 0.3) is 0 Å². The Morgan fingerprint density at radius 1 is 1.40 bits per heavy atom. The standard InChI is InChI=1S/C15H17N3O2/c19-15(6-4-12-7-9-20-18-12)17-13-3-5-14-11(10-13)2-1-8-16-14/h3,5,7,9-10,16H,1-2,4,6,8H2,(H,17,19). The number of rotatable bonds is 4. The molecule has 0 saturated heterocycles. The second kappa shape index (κ2) is 5.77. The number of anilines is 2. The number of nitrogens with one attached hydrogen (secondary N) is 2. The zero-order valence-corrected chi connectivity index (χ0v) is 11.2. The lowest BCUT2D eigenvalue weighted by Crippen LogP contribution is -2.15. The smallest absolute Gasteiger partial charge is 0.224 e. The van der Waals surface area contributed by atoms with Crippen molar-refractivity contribution in [2.45, 2.75) is 25.7 Å².